The first-order chi connectivity index (χ1) is 10.2. The molecule has 102 valence electrons. The van der Waals surface area contributed by atoms with E-state index in [1.807, 2.05) is 6.07 Å². The summed E-state index contributed by atoms with van der Waals surface area (Å²) < 4.78 is 10.5. The molecule has 0 saturated heterocycles. The van der Waals surface area contributed by atoms with Crippen molar-refractivity contribution >= 4 is 16.9 Å². The van der Waals surface area contributed by atoms with Gasteiger partial charge in [0.15, 0.2) is 11.3 Å². The molecular weight excluding hydrogens is 270 g/mol. The monoisotopic (exact) mass is 279 g/mol. The van der Waals surface area contributed by atoms with E-state index >= 15 is 0 Å². The van der Waals surface area contributed by atoms with Crippen molar-refractivity contribution in [3.05, 3.63) is 59.9 Å². The van der Waals surface area contributed by atoms with Crippen molar-refractivity contribution < 1.29 is 19.1 Å². The van der Waals surface area contributed by atoms with Crippen LogP contribution in [-0.2, 0) is 0 Å². The number of hydrogen-bond donors (Lipinski definition) is 1. The van der Waals surface area contributed by atoms with E-state index in [4.69, 9.17) is 14.4 Å². The summed E-state index contributed by atoms with van der Waals surface area (Å²) in [5.41, 5.74) is 0.765. The second kappa shape index (κ2) is 5.02. The smallest absolute Gasteiger partial charge is 0.347 e. The highest BCUT2D eigenvalue weighted by Crippen LogP contribution is 2.29. The summed E-state index contributed by atoms with van der Waals surface area (Å²) in [6, 6.07) is 12.8. The van der Waals surface area contributed by atoms with Gasteiger partial charge in [0.05, 0.1) is 17.9 Å². The van der Waals surface area contributed by atoms with Crippen LogP contribution in [-0.4, -0.2) is 11.1 Å². The van der Waals surface area contributed by atoms with Crippen molar-refractivity contribution in [2.45, 2.75) is 0 Å². The zero-order valence-corrected chi connectivity index (χ0v) is 10.7. The Labute approximate surface area is 119 Å². The minimum absolute atomic E-state index is 0.0413. The lowest BCUT2D eigenvalue weighted by molar-refractivity contribution is 0.0732. The van der Waals surface area contributed by atoms with Gasteiger partial charge in [0.25, 0.3) is 0 Å². The van der Waals surface area contributed by atoms with Crippen LogP contribution in [0.3, 0.4) is 0 Å². The maximum Gasteiger partial charge on any atom is 0.347 e. The van der Waals surface area contributed by atoms with Gasteiger partial charge in [-0.25, -0.2) is 4.79 Å². The van der Waals surface area contributed by atoms with Crippen LogP contribution in [0, 0.1) is 11.3 Å². The predicted octanol–water partition coefficient (Wildman–Crippen LogP) is 3.23. The maximum absolute atomic E-state index is 12.1. The average Bonchev–Trinajstić information content (AvgIpc) is 2.96. The van der Waals surface area contributed by atoms with Gasteiger partial charge < -0.3 is 14.3 Å². The topological polar surface area (TPSA) is 83.5 Å². The van der Waals surface area contributed by atoms with Crippen LogP contribution in [0.4, 0.5) is 0 Å². The van der Waals surface area contributed by atoms with Crippen LogP contribution in [0.25, 0.3) is 11.0 Å². The second-order valence-electron chi connectivity index (χ2n) is 4.33. The maximum atomic E-state index is 12.1. The van der Waals surface area contributed by atoms with E-state index in [1.54, 1.807) is 24.3 Å². The molecule has 21 heavy (non-hydrogen) atoms. The van der Waals surface area contributed by atoms with Crippen LogP contribution in [0.2, 0.25) is 0 Å². The minimum Gasteiger partial charge on any atom is -0.507 e. The van der Waals surface area contributed by atoms with Gasteiger partial charge in [0.2, 0.25) is 0 Å². The SMILES string of the molecule is N#Cc1cc(OC(=O)c2ccccc2O)c2occc2c1. The van der Waals surface area contributed by atoms with E-state index in [9.17, 15) is 9.90 Å². The van der Waals surface area contributed by atoms with Gasteiger partial charge >= 0.3 is 5.97 Å². The van der Waals surface area contributed by atoms with Crippen molar-refractivity contribution in [1.82, 2.24) is 0 Å². The fourth-order valence-electron chi connectivity index (χ4n) is 1.99. The summed E-state index contributed by atoms with van der Waals surface area (Å²) >= 11 is 0. The Morgan fingerprint density at radius 2 is 2.05 bits per heavy atom. The Bertz CT molecular complexity index is 873. The van der Waals surface area contributed by atoms with Crippen molar-refractivity contribution in [2.75, 3.05) is 0 Å². The van der Waals surface area contributed by atoms with Crippen LogP contribution >= 0.6 is 0 Å². The number of furan rings is 1. The molecule has 0 aliphatic heterocycles. The third-order valence-electron chi connectivity index (χ3n) is 2.97. The largest absolute Gasteiger partial charge is 0.507 e. The number of phenols is 1. The highest BCUT2D eigenvalue weighted by atomic mass is 16.5. The number of ether oxygens (including phenoxy) is 1. The van der Waals surface area contributed by atoms with Gasteiger partial charge in [-0.15, -0.1) is 0 Å². The number of esters is 1. The summed E-state index contributed by atoms with van der Waals surface area (Å²) in [5, 5.41) is 19.3. The number of benzene rings is 2. The number of nitriles is 1. The van der Waals surface area contributed by atoms with Crippen molar-refractivity contribution in [3.63, 3.8) is 0 Å². The normalized spacial score (nSPS) is 10.2. The van der Waals surface area contributed by atoms with Crippen LogP contribution in [0.5, 0.6) is 11.5 Å². The van der Waals surface area contributed by atoms with E-state index < -0.39 is 5.97 Å². The van der Waals surface area contributed by atoms with Crippen LogP contribution in [0.1, 0.15) is 15.9 Å². The lowest BCUT2D eigenvalue weighted by atomic mass is 10.1. The predicted molar refractivity (Wildman–Crippen MR) is 74.0 cm³/mol. The van der Waals surface area contributed by atoms with Gasteiger partial charge in [-0.2, -0.15) is 5.26 Å². The molecule has 0 atom stereocenters. The molecular formula is C16H9NO4. The molecule has 5 nitrogen and oxygen atoms in total. The first-order valence-corrected chi connectivity index (χ1v) is 6.10. The van der Waals surface area contributed by atoms with E-state index in [-0.39, 0.29) is 17.1 Å². The first-order valence-electron chi connectivity index (χ1n) is 6.10. The quantitative estimate of drug-likeness (QED) is 0.575. The summed E-state index contributed by atoms with van der Waals surface area (Å²) in [6.45, 7) is 0. The van der Waals surface area contributed by atoms with Crippen molar-refractivity contribution in [1.29, 1.82) is 5.26 Å². The molecule has 0 fully saturated rings. The Balaban J connectivity index is 2.02. The molecule has 0 unspecified atom stereocenters. The molecule has 0 amide bonds. The van der Waals surface area contributed by atoms with Gasteiger partial charge in [-0.05, 0) is 24.3 Å². The van der Waals surface area contributed by atoms with Gasteiger partial charge in [-0.3, -0.25) is 0 Å². The van der Waals surface area contributed by atoms with E-state index in [0.717, 1.165) is 0 Å². The van der Waals surface area contributed by atoms with Crippen molar-refractivity contribution in [3.8, 4) is 17.6 Å². The van der Waals surface area contributed by atoms with Crippen LogP contribution < -0.4 is 4.74 Å². The van der Waals surface area contributed by atoms with Gasteiger partial charge in [0, 0.05) is 11.5 Å². The lowest BCUT2D eigenvalue weighted by Crippen LogP contribution is -2.08. The summed E-state index contributed by atoms with van der Waals surface area (Å²) in [7, 11) is 0. The number of carbonyl (C=O) groups is 1. The molecule has 0 bridgehead atoms. The number of phenolic OH excluding ortho intramolecular Hbond substituents is 1. The molecule has 0 radical (unpaired) electrons. The number of rotatable bonds is 2. The fourth-order valence-corrected chi connectivity index (χ4v) is 1.99. The molecule has 1 aromatic heterocycles. The Hall–Kier alpha value is -3.26. The molecule has 0 saturated carbocycles. The summed E-state index contributed by atoms with van der Waals surface area (Å²) in [5.74, 6) is -0.752. The zero-order valence-electron chi connectivity index (χ0n) is 10.7. The summed E-state index contributed by atoms with van der Waals surface area (Å²) in [4.78, 5) is 12.1. The number of para-hydroxylation sites is 1. The van der Waals surface area contributed by atoms with Crippen molar-refractivity contribution in [2.24, 2.45) is 0 Å². The van der Waals surface area contributed by atoms with Crippen LogP contribution in [0.15, 0.2) is 53.1 Å². The number of carbonyl (C=O) groups excluding carboxylic acids is 1. The highest BCUT2D eigenvalue weighted by molar-refractivity contribution is 5.96. The third kappa shape index (κ3) is 2.30. The standard InChI is InChI=1S/C16H9NO4/c17-9-10-7-11-5-6-20-15(11)14(8-10)21-16(19)12-3-1-2-4-13(12)18/h1-8,18H. The molecule has 3 rings (SSSR count). The fraction of sp³-hybridized carbons (Fsp3) is 0. The molecule has 0 aliphatic carbocycles. The number of nitrogens with zero attached hydrogens (tertiary/aromatic N) is 1. The molecule has 1 N–H and O–H groups in total. The molecule has 0 aliphatic rings. The third-order valence-corrected chi connectivity index (χ3v) is 2.97. The lowest BCUT2D eigenvalue weighted by Gasteiger charge is -2.06. The summed E-state index contributed by atoms with van der Waals surface area (Å²) in [6.07, 6.45) is 1.45. The van der Waals surface area contributed by atoms with Gasteiger partial charge in [-0.1, -0.05) is 12.1 Å². The zero-order chi connectivity index (χ0) is 14.8. The Morgan fingerprint density at radius 3 is 2.81 bits per heavy atom. The van der Waals surface area contributed by atoms with E-state index in [0.29, 0.717) is 16.5 Å². The minimum atomic E-state index is -0.721. The number of fused-ring (bicyclic) bond motifs is 1. The first kappa shape index (κ1) is 12.8. The van der Waals surface area contributed by atoms with Gasteiger partial charge in [0.1, 0.15) is 11.3 Å². The Kier molecular flexibility index (Phi) is 3.05. The molecule has 5 heteroatoms. The molecule has 3 aromatic rings. The van der Waals surface area contributed by atoms with E-state index in [1.165, 1.54) is 24.5 Å². The molecule has 0 spiro atoms. The van der Waals surface area contributed by atoms with E-state index in [2.05, 4.69) is 0 Å². The molecule has 2 aromatic carbocycles. The highest BCUT2D eigenvalue weighted by Gasteiger charge is 2.16. The molecule has 1 heterocycles. The Morgan fingerprint density at radius 1 is 1.24 bits per heavy atom. The number of hydrogen-bond acceptors (Lipinski definition) is 5. The average molecular weight is 279 g/mol. The number of aromatic hydroxyl groups is 1. The second-order valence-corrected chi connectivity index (χ2v) is 4.33.